The number of halogens is 4. The van der Waals surface area contributed by atoms with Crippen LogP contribution >= 0.6 is 57.4 Å². The summed E-state index contributed by atoms with van der Waals surface area (Å²) in [7, 11) is 0. The molecule has 0 spiro atoms. The number of nitrogen functional groups attached to an aromatic ring is 1. The van der Waals surface area contributed by atoms with E-state index in [1.165, 1.54) is 0 Å². The van der Waals surface area contributed by atoms with Crippen LogP contribution in [0.1, 0.15) is 0 Å². The largest absolute Gasteiger partial charge is 0.369 e. The number of fused-ring (bicyclic) bond motifs is 1. The number of nitrogens with two attached hydrogens (primary N) is 1. The molecule has 1 aromatic heterocycles. The van der Waals surface area contributed by atoms with Crippen LogP contribution in [-0.2, 0) is 0 Å². The first-order valence-electron chi connectivity index (χ1n) is 5.56. The van der Waals surface area contributed by atoms with Crippen LogP contribution in [0.2, 0.25) is 15.1 Å². The molecule has 2 aromatic carbocycles. The summed E-state index contributed by atoms with van der Waals surface area (Å²) in [6.07, 6.45) is 0. The zero-order valence-corrected chi connectivity index (χ0v) is 14.3. The molecule has 0 fully saturated rings. The Balaban J connectivity index is 2.35. The highest BCUT2D eigenvalue weighted by Crippen LogP contribution is 2.33. The summed E-state index contributed by atoms with van der Waals surface area (Å²) in [5.74, 6) is 0.335. The SMILES string of the molecule is Nc1nc2cc(Cl)c(Cl)cc2n1-c1ccc(I)cc1Cl. The number of anilines is 1. The van der Waals surface area contributed by atoms with Gasteiger partial charge in [-0.1, -0.05) is 34.8 Å². The Morgan fingerprint density at radius 2 is 1.70 bits per heavy atom. The Morgan fingerprint density at radius 1 is 1.00 bits per heavy atom. The van der Waals surface area contributed by atoms with E-state index < -0.39 is 0 Å². The third-order valence-electron chi connectivity index (χ3n) is 2.87. The molecule has 2 N–H and O–H groups in total. The Bertz CT molecular complexity index is 829. The van der Waals surface area contributed by atoms with Crippen LogP contribution in [0.25, 0.3) is 16.7 Å². The van der Waals surface area contributed by atoms with E-state index in [0.29, 0.717) is 26.5 Å². The lowest BCUT2D eigenvalue weighted by atomic mass is 10.2. The molecular formula is C13H7Cl3IN3. The monoisotopic (exact) mass is 437 g/mol. The third-order valence-corrected chi connectivity index (χ3v) is 4.57. The van der Waals surface area contributed by atoms with Gasteiger partial charge in [-0.2, -0.15) is 0 Å². The quantitative estimate of drug-likeness (QED) is 0.533. The smallest absolute Gasteiger partial charge is 0.205 e. The molecule has 0 atom stereocenters. The summed E-state index contributed by atoms with van der Waals surface area (Å²) in [5, 5.41) is 1.48. The van der Waals surface area contributed by atoms with E-state index in [2.05, 4.69) is 27.6 Å². The van der Waals surface area contributed by atoms with Gasteiger partial charge in [-0.15, -0.1) is 0 Å². The summed E-state index contributed by atoms with van der Waals surface area (Å²) < 4.78 is 2.80. The van der Waals surface area contributed by atoms with Crippen LogP contribution in [-0.4, -0.2) is 9.55 Å². The van der Waals surface area contributed by atoms with Crippen LogP contribution < -0.4 is 5.73 Å². The van der Waals surface area contributed by atoms with Gasteiger partial charge in [0.2, 0.25) is 5.95 Å². The highest BCUT2D eigenvalue weighted by molar-refractivity contribution is 14.1. The topological polar surface area (TPSA) is 43.8 Å². The average molecular weight is 438 g/mol. The molecule has 3 nitrogen and oxygen atoms in total. The molecule has 0 aliphatic rings. The van der Waals surface area contributed by atoms with E-state index in [1.54, 1.807) is 16.7 Å². The molecule has 0 saturated heterocycles. The fourth-order valence-corrected chi connectivity index (χ4v) is 3.26. The van der Waals surface area contributed by atoms with Gasteiger partial charge in [-0.05, 0) is 52.9 Å². The molecule has 0 saturated carbocycles. The predicted octanol–water partition coefficient (Wildman–Crippen LogP) is 5.17. The van der Waals surface area contributed by atoms with Crippen LogP contribution in [0.15, 0.2) is 30.3 Å². The summed E-state index contributed by atoms with van der Waals surface area (Å²) >= 11 is 20.6. The molecular weight excluding hydrogens is 431 g/mol. The predicted molar refractivity (Wildman–Crippen MR) is 93.2 cm³/mol. The molecule has 1 heterocycles. The van der Waals surface area contributed by atoms with Gasteiger partial charge in [-0.25, -0.2) is 4.98 Å². The van der Waals surface area contributed by atoms with Crippen LogP contribution in [0.3, 0.4) is 0 Å². The second-order valence-corrected chi connectivity index (χ2v) is 6.62. The normalized spacial score (nSPS) is 11.2. The molecule has 0 amide bonds. The van der Waals surface area contributed by atoms with Crippen molar-refractivity contribution in [2.75, 3.05) is 5.73 Å². The van der Waals surface area contributed by atoms with Gasteiger partial charge in [0.25, 0.3) is 0 Å². The Kier molecular flexibility index (Phi) is 3.75. The second-order valence-electron chi connectivity index (χ2n) is 4.16. The van der Waals surface area contributed by atoms with Crippen molar-refractivity contribution in [2.24, 2.45) is 0 Å². The van der Waals surface area contributed by atoms with E-state index in [0.717, 1.165) is 14.8 Å². The van der Waals surface area contributed by atoms with E-state index >= 15 is 0 Å². The average Bonchev–Trinajstić information content (AvgIpc) is 2.66. The summed E-state index contributed by atoms with van der Waals surface area (Å²) in [6, 6.07) is 9.12. The van der Waals surface area contributed by atoms with Crippen LogP contribution in [0.4, 0.5) is 5.95 Å². The number of hydrogen-bond donors (Lipinski definition) is 1. The standard InChI is InChI=1S/C13H7Cl3IN3/c14-7-4-10-12(5-8(7)15)20(13(18)19-10)11-2-1-6(17)3-9(11)16/h1-5H,(H2,18,19). The molecule has 0 unspecified atom stereocenters. The van der Waals surface area contributed by atoms with Crippen LogP contribution in [0, 0.1) is 3.57 Å². The number of benzene rings is 2. The number of imidazole rings is 1. The van der Waals surface area contributed by atoms with Crippen LogP contribution in [0.5, 0.6) is 0 Å². The van der Waals surface area contributed by atoms with Gasteiger partial charge < -0.3 is 5.73 Å². The maximum Gasteiger partial charge on any atom is 0.205 e. The number of rotatable bonds is 1. The Morgan fingerprint density at radius 3 is 2.40 bits per heavy atom. The molecule has 3 aromatic rings. The minimum absolute atomic E-state index is 0.335. The third kappa shape index (κ3) is 2.35. The number of nitrogens with zero attached hydrogens (tertiary/aromatic N) is 2. The summed E-state index contributed by atoms with van der Waals surface area (Å²) in [5.41, 5.74) is 8.19. The maximum atomic E-state index is 6.30. The Hall–Kier alpha value is -0.690. The minimum Gasteiger partial charge on any atom is -0.369 e. The van der Waals surface area contributed by atoms with Crippen molar-refractivity contribution in [3.8, 4) is 5.69 Å². The molecule has 0 aliphatic carbocycles. The van der Waals surface area contributed by atoms with E-state index in [1.807, 2.05) is 18.2 Å². The second kappa shape index (κ2) is 5.26. The molecule has 0 radical (unpaired) electrons. The molecule has 20 heavy (non-hydrogen) atoms. The lowest BCUT2D eigenvalue weighted by Gasteiger charge is -2.09. The van der Waals surface area contributed by atoms with Crippen molar-refractivity contribution < 1.29 is 0 Å². The zero-order valence-electron chi connectivity index (χ0n) is 9.87. The molecule has 0 aliphatic heterocycles. The maximum absolute atomic E-state index is 6.30. The number of hydrogen-bond acceptors (Lipinski definition) is 2. The van der Waals surface area contributed by atoms with Gasteiger partial charge in [0.05, 0.1) is 31.8 Å². The van der Waals surface area contributed by atoms with E-state index in [4.69, 9.17) is 40.5 Å². The van der Waals surface area contributed by atoms with Crippen molar-refractivity contribution >= 4 is 74.4 Å². The fraction of sp³-hybridized carbons (Fsp3) is 0. The molecule has 102 valence electrons. The van der Waals surface area contributed by atoms with Gasteiger partial charge in [0, 0.05) is 3.57 Å². The van der Waals surface area contributed by atoms with Crippen molar-refractivity contribution in [2.45, 2.75) is 0 Å². The highest BCUT2D eigenvalue weighted by atomic mass is 127. The van der Waals surface area contributed by atoms with Gasteiger partial charge >= 0.3 is 0 Å². The zero-order chi connectivity index (χ0) is 14.4. The molecule has 0 bridgehead atoms. The minimum atomic E-state index is 0.335. The van der Waals surface area contributed by atoms with Gasteiger partial charge in [0.1, 0.15) is 0 Å². The van der Waals surface area contributed by atoms with Gasteiger partial charge in [-0.3, -0.25) is 4.57 Å². The van der Waals surface area contributed by atoms with E-state index in [-0.39, 0.29) is 0 Å². The summed E-state index contributed by atoms with van der Waals surface area (Å²) in [4.78, 5) is 4.29. The van der Waals surface area contributed by atoms with Crippen molar-refractivity contribution in [3.63, 3.8) is 0 Å². The number of aromatic nitrogens is 2. The molecule has 3 rings (SSSR count). The fourth-order valence-electron chi connectivity index (χ4n) is 2.01. The first-order chi connectivity index (χ1) is 9.47. The summed E-state index contributed by atoms with van der Waals surface area (Å²) in [6.45, 7) is 0. The molecule has 7 heteroatoms. The first kappa shape index (κ1) is 14.3. The Labute approximate surface area is 143 Å². The first-order valence-corrected chi connectivity index (χ1v) is 7.77. The van der Waals surface area contributed by atoms with Gasteiger partial charge in [0.15, 0.2) is 0 Å². The highest BCUT2D eigenvalue weighted by Gasteiger charge is 2.14. The lowest BCUT2D eigenvalue weighted by Crippen LogP contribution is -2.01. The van der Waals surface area contributed by atoms with Crippen molar-refractivity contribution in [3.05, 3.63) is 49.0 Å². The lowest BCUT2D eigenvalue weighted by molar-refractivity contribution is 1.11. The van der Waals surface area contributed by atoms with E-state index in [9.17, 15) is 0 Å². The van der Waals surface area contributed by atoms with Crippen molar-refractivity contribution in [1.29, 1.82) is 0 Å². The van der Waals surface area contributed by atoms with Crippen molar-refractivity contribution in [1.82, 2.24) is 9.55 Å².